The number of hydrogen-bond acceptors (Lipinski definition) is 4. The van der Waals surface area contributed by atoms with E-state index in [4.69, 9.17) is 11.6 Å². The molecule has 208 valence electrons. The van der Waals surface area contributed by atoms with E-state index in [1.807, 2.05) is 52.0 Å². The Bertz CT molecular complexity index is 1390. The van der Waals surface area contributed by atoms with Gasteiger partial charge in [0.05, 0.1) is 10.6 Å². The Morgan fingerprint density at radius 2 is 1.56 bits per heavy atom. The summed E-state index contributed by atoms with van der Waals surface area (Å²) in [6.45, 7) is 9.04. The zero-order valence-electron chi connectivity index (χ0n) is 23.0. The van der Waals surface area contributed by atoms with Crippen molar-refractivity contribution in [3.63, 3.8) is 0 Å². The van der Waals surface area contributed by atoms with Gasteiger partial charge in [-0.3, -0.25) is 13.9 Å². The molecule has 0 aromatic heterocycles. The monoisotopic (exact) mass is 569 g/mol. The van der Waals surface area contributed by atoms with Gasteiger partial charge in [0.2, 0.25) is 11.8 Å². The lowest BCUT2D eigenvalue weighted by atomic mass is 10.1. The minimum atomic E-state index is -4.13. The van der Waals surface area contributed by atoms with Gasteiger partial charge in [-0.2, -0.15) is 0 Å². The quantitative estimate of drug-likeness (QED) is 0.331. The number of carbonyl (C=O) groups is 2. The second-order valence-electron chi connectivity index (χ2n) is 9.81. The highest BCUT2D eigenvalue weighted by Gasteiger charge is 2.32. The van der Waals surface area contributed by atoms with Crippen LogP contribution in [-0.2, 0) is 26.2 Å². The molecule has 2 atom stereocenters. The zero-order chi connectivity index (χ0) is 28.7. The fourth-order valence-corrected chi connectivity index (χ4v) is 5.57. The third-order valence-corrected chi connectivity index (χ3v) is 8.65. The Morgan fingerprint density at radius 3 is 2.15 bits per heavy atom. The number of benzene rings is 3. The number of nitrogens with zero attached hydrogens (tertiary/aromatic N) is 2. The molecule has 1 N–H and O–H groups in total. The summed E-state index contributed by atoms with van der Waals surface area (Å²) in [5, 5.41) is 3.34. The fraction of sp³-hybridized carbons (Fsp3) is 0.333. The Kier molecular flexibility index (Phi) is 10.2. The number of sulfonamides is 1. The Labute approximate surface area is 236 Å². The van der Waals surface area contributed by atoms with Crippen LogP contribution in [0.25, 0.3) is 0 Å². The van der Waals surface area contributed by atoms with Gasteiger partial charge < -0.3 is 10.2 Å². The summed E-state index contributed by atoms with van der Waals surface area (Å²) < 4.78 is 28.7. The molecule has 0 fully saturated rings. The highest BCUT2D eigenvalue weighted by Crippen LogP contribution is 2.26. The number of halogens is 1. The Hall–Kier alpha value is -3.36. The molecule has 0 aliphatic carbocycles. The van der Waals surface area contributed by atoms with Crippen LogP contribution in [0.15, 0.2) is 77.7 Å². The van der Waals surface area contributed by atoms with Crippen molar-refractivity contribution < 1.29 is 18.0 Å². The number of aryl methyl sites for hydroxylation is 2. The van der Waals surface area contributed by atoms with Gasteiger partial charge in [0.15, 0.2) is 0 Å². The van der Waals surface area contributed by atoms with Crippen LogP contribution in [0, 0.1) is 13.8 Å². The maximum absolute atomic E-state index is 13.9. The molecule has 39 heavy (non-hydrogen) atoms. The minimum absolute atomic E-state index is 0.00747. The van der Waals surface area contributed by atoms with Gasteiger partial charge in [0.25, 0.3) is 10.0 Å². The summed E-state index contributed by atoms with van der Waals surface area (Å²) >= 11 is 5.99. The van der Waals surface area contributed by atoms with Crippen molar-refractivity contribution in [3.05, 3.63) is 94.5 Å². The van der Waals surface area contributed by atoms with Crippen molar-refractivity contribution in [2.24, 2.45) is 0 Å². The minimum Gasteiger partial charge on any atom is -0.352 e. The summed E-state index contributed by atoms with van der Waals surface area (Å²) in [5.41, 5.74) is 3.15. The third kappa shape index (κ3) is 7.83. The van der Waals surface area contributed by atoms with Crippen LogP contribution in [-0.4, -0.2) is 43.8 Å². The largest absolute Gasteiger partial charge is 0.352 e. The van der Waals surface area contributed by atoms with Gasteiger partial charge in [-0.1, -0.05) is 66.0 Å². The lowest BCUT2D eigenvalue weighted by molar-refractivity contribution is -0.139. The van der Waals surface area contributed by atoms with Crippen LogP contribution < -0.4 is 9.62 Å². The van der Waals surface area contributed by atoms with Crippen LogP contribution in [0.1, 0.15) is 43.9 Å². The van der Waals surface area contributed by atoms with E-state index in [1.165, 1.54) is 29.2 Å². The van der Waals surface area contributed by atoms with Gasteiger partial charge in [-0.15, -0.1) is 0 Å². The van der Waals surface area contributed by atoms with Gasteiger partial charge in [0.1, 0.15) is 12.6 Å². The zero-order valence-corrected chi connectivity index (χ0v) is 24.6. The molecule has 0 spiro atoms. The number of hydrogen-bond donors (Lipinski definition) is 1. The van der Waals surface area contributed by atoms with Gasteiger partial charge >= 0.3 is 0 Å². The van der Waals surface area contributed by atoms with Crippen LogP contribution >= 0.6 is 11.6 Å². The maximum atomic E-state index is 13.9. The summed E-state index contributed by atoms with van der Waals surface area (Å²) in [6.07, 6.45) is 0.741. The predicted octanol–water partition coefficient (Wildman–Crippen LogP) is 5.48. The average Bonchev–Trinajstić information content (AvgIpc) is 2.90. The number of rotatable bonds is 11. The summed E-state index contributed by atoms with van der Waals surface area (Å²) in [4.78, 5) is 28.5. The van der Waals surface area contributed by atoms with Gasteiger partial charge in [-0.05, 0) is 76.1 Å². The molecule has 3 rings (SSSR count). The molecule has 3 aromatic carbocycles. The molecule has 0 heterocycles. The van der Waals surface area contributed by atoms with Crippen LogP contribution in [0.5, 0.6) is 0 Å². The van der Waals surface area contributed by atoms with E-state index >= 15 is 0 Å². The van der Waals surface area contributed by atoms with Crippen molar-refractivity contribution in [3.8, 4) is 0 Å². The highest BCUT2D eigenvalue weighted by molar-refractivity contribution is 7.92. The van der Waals surface area contributed by atoms with Crippen LogP contribution in [0.3, 0.4) is 0 Å². The number of amides is 2. The van der Waals surface area contributed by atoms with E-state index in [2.05, 4.69) is 5.32 Å². The molecule has 3 aromatic rings. The first-order valence-corrected chi connectivity index (χ1v) is 14.7. The van der Waals surface area contributed by atoms with Crippen molar-refractivity contribution in [1.29, 1.82) is 0 Å². The van der Waals surface area contributed by atoms with E-state index in [1.54, 1.807) is 31.2 Å². The van der Waals surface area contributed by atoms with E-state index in [-0.39, 0.29) is 23.4 Å². The predicted molar refractivity (Wildman–Crippen MR) is 156 cm³/mol. The van der Waals surface area contributed by atoms with E-state index < -0.39 is 28.5 Å². The van der Waals surface area contributed by atoms with Crippen LogP contribution in [0.2, 0.25) is 5.02 Å². The summed E-state index contributed by atoms with van der Waals surface area (Å²) in [6, 6.07) is 19.5. The summed E-state index contributed by atoms with van der Waals surface area (Å²) in [5.74, 6) is -0.797. The average molecular weight is 570 g/mol. The number of carbonyl (C=O) groups excluding carboxylic acids is 2. The lowest BCUT2D eigenvalue weighted by Crippen LogP contribution is -2.52. The molecule has 0 bridgehead atoms. The Balaban J connectivity index is 2.02. The number of nitrogens with one attached hydrogen (secondary N) is 1. The SMILES string of the molecule is CC[C@H](C)NC(=O)[C@H](C)N(Cc1cccc(C)c1)C(=O)CN(c1ccc(C)cc1)S(=O)(=O)c1ccc(Cl)cc1. The van der Waals surface area contributed by atoms with E-state index in [0.717, 1.165) is 27.4 Å². The Morgan fingerprint density at radius 1 is 0.923 bits per heavy atom. The van der Waals surface area contributed by atoms with E-state index in [9.17, 15) is 18.0 Å². The first-order valence-electron chi connectivity index (χ1n) is 12.9. The molecular weight excluding hydrogens is 534 g/mol. The van der Waals surface area contributed by atoms with Crippen molar-refractivity contribution >= 4 is 39.1 Å². The third-order valence-electron chi connectivity index (χ3n) is 6.61. The van der Waals surface area contributed by atoms with E-state index in [0.29, 0.717) is 10.7 Å². The highest BCUT2D eigenvalue weighted by atomic mass is 35.5. The molecule has 2 amide bonds. The second kappa shape index (κ2) is 13.1. The molecule has 0 aliphatic heterocycles. The standard InChI is InChI=1S/C30H36ClN3O4S/c1-6-23(4)32-30(36)24(5)33(19-25-9-7-8-22(3)18-25)29(35)20-34(27-14-10-21(2)11-15-27)39(37,38)28-16-12-26(31)13-17-28/h7-18,23-24H,6,19-20H2,1-5H3,(H,32,36)/t23-,24-/m0/s1. The van der Waals surface area contributed by atoms with Gasteiger partial charge in [-0.25, -0.2) is 8.42 Å². The molecule has 0 unspecified atom stereocenters. The smallest absolute Gasteiger partial charge is 0.264 e. The molecule has 0 saturated carbocycles. The fourth-order valence-electron chi connectivity index (χ4n) is 4.03. The maximum Gasteiger partial charge on any atom is 0.264 e. The first kappa shape index (κ1) is 30.2. The molecule has 0 saturated heterocycles. The van der Waals surface area contributed by atoms with Crippen molar-refractivity contribution in [2.75, 3.05) is 10.8 Å². The van der Waals surface area contributed by atoms with Crippen molar-refractivity contribution in [2.45, 2.75) is 64.6 Å². The first-order chi connectivity index (χ1) is 18.4. The molecule has 0 aliphatic rings. The molecule has 0 radical (unpaired) electrons. The molecular formula is C30H36ClN3O4S. The van der Waals surface area contributed by atoms with Crippen molar-refractivity contribution in [1.82, 2.24) is 10.2 Å². The van der Waals surface area contributed by atoms with Gasteiger partial charge in [0, 0.05) is 17.6 Å². The normalized spacial score (nSPS) is 12.9. The molecule has 9 heteroatoms. The molecule has 7 nitrogen and oxygen atoms in total. The number of anilines is 1. The topological polar surface area (TPSA) is 86.8 Å². The lowest BCUT2D eigenvalue weighted by Gasteiger charge is -2.32. The second-order valence-corrected chi connectivity index (χ2v) is 12.1. The summed E-state index contributed by atoms with van der Waals surface area (Å²) in [7, 11) is -4.13. The van der Waals surface area contributed by atoms with Crippen LogP contribution in [0.4, 0.5) is 5.69 Å².